The summed E-state index contributed by atoms with van der Waals surface area (Å²) in [5.74, 6) is -0.959. The van der Waals surface area contributed by atoms with Crippen LogP contribution in [0.2, 0.25) is 0 Å². The van der Waals surface area contributed by atoms with E-state index in [-0.39, 0.29) is 5.69 Å². The zero-order valence-electron chi connectivity index (χ0n) is 10.5. The van der Waals surface area contributed by atoms with Gasteiger partial charge in [-0.3, -0.25) is 0 Å². The summed E-state index contributed by atoms with van der Waals surface area (Å²) in [6.45, 7) is 0. The summed E-state index contributed by atoms with van der Waals surface area (Å²) >= 11 is 1.74. The van der Waals surface area contributed by atoms with E-state index in [0.29, 0.717) is 5.25 Å². The molecule has 2 aromatic rings. The fourth-order valence-corrected chi connectivity index (χ4v) is 3.88. The van der Waals surface area contributed by atoms with Crippen molar-refractivity contribution >= 4 is 28.5 Å². The van der Waals surface area contributed by atoms with E-state index in [1.54, 1.807) is 17.8 Å². The van der Waals surface area contributed by atoms with Crippen LogP contribution in [-0.2, 0) is 0 Å². The fourth-order valence-electron chi connectivity index (χ4n) is 2.53. The van der Waals surface area contributed by atoms with E-state index < -0.39 is 5.97 Å². The zero-order valence-corrected chi connectivity index (χ0v) is 11.3. The summed E-state index contributed by atoms with van der Waals surface area (Å²) < 4.78 is 0. The number of carboxylic acids is 1. The molecular weight excluding hydrogens is 258 g/mol. The quantitative estimate of drug-likeness (QED) is 0.919. The molecule has 0 spiro atoms. The number of carbonyl (C=O) groups is 1. The van der Waals surface area contributed by atoms with Gasteiger partial charge in [-0.1, -0.05) is 37.1 Å². The monoisotopic (exact) mass is 273 g/mol. The highest BCUT2D eigenvalue weighted by Crippen LogP contribution is 2.37. The van der Waals surface area contributed by atoms with Gasteiger partial charge in [0.25, 0.3) is 0 Å². The lowest BCUT2D eigenvalue weighted by Crippen LogP contribution is -2.03. The van der Waals surface area contributed by atoms with Crippen molar-refractivity contribution in [2.45, 2.75) is 36.0 Å². The molecule has 1 fully saturated rings. The molecule has 1 aliphatic rings. The summed E-state index contributed by atoms with van der Waals surface area (Å²) in [6, 6.07) is 9.52. The first-order valence-corrected chi connectivity index (χ1v) is 7.42. The Balaban J connectivity index is 2.06. The molecule has 98 valence electrons. The van der Waals surface area contributed by atoms with Crippen LogP contribution in [-0.4, -0.2) is 21.3 Å². The number of hydrogen-bond donors (Lipinski definition) is 1. The molecule has 4 heteroatoms. The van der Waals surface area contributed by atoms with E-state index in [0.717, 1.165) is 15.8 Å². The molecule has 1 N–H and O–H groups in total. The highest BCUT2D eigenvalue weighted by molar-refractivity contribution is 8.00. The third-order valence-electron chi connectivity index (χ3n) is 3.51. The van der Waals surface area contributed by atoms with Gasteiger partial charge in [0.1, 0.15) is 10.7 Å². The molecule has 1 aliphatic carbocycles. The third kappa shape index (κ3) is 2.59. The SMILES string of the molecule is O=C(O)c1cc2ccccc2c(SC2CCCC2)n1. The van der Waals surface area contributed by atoms with Crippen LogP contribution < -0.4 is 0 Å². The van der Waals surface area contributed by atoms with Gasteiger partial charge in [-0.2, -0.15) is 0 Å². The summed E-state index contributed by atoms with van der Waals surface area (Å²) in [6.07, 6.45) is 4.96. The Kier molecular flexibility index (Phi) is 3.42. The Hall–Kier alpha value is -1.55. The van der Waals surface area contributed by atoms with E-state index in [1.165, 1.54) is 25.7 Å². The third-order valence-corrected chi connectivity index (χ3v) is 4.84. The number of thioether (sulfide) groups is 1. The summed E-state index contributed by atoms with van der Waals surface area (Å²) in [7, 11) is 0. The van der Waals surface area contributed by atoms with Gasteiger partial charge in [-0.15, -0.1) is 11.8 Å². The molecule has 3 nitrogen and oxygen atoms in total. The number of aromatic nitrogens is 1. The van der Waals surface area contributed by atoms with Crippen LogP contribution in [0.1, 0.15) is 36.2 Å². The Morgan fingerprint density at radius 3 is 2.74 bits per heavy atom. The number of nitrogens with zero attached hydrogens (tertiary/aromatic N) is 1. The van der Waals surface area contributed by atoms with Gasteiger partial charge in [0, 0.05) is 10.6 Å². The van der Waals surface area contributed by atoms with Crippen molar-refractivity contribution in [1.29, 1.82) is 0 Å². The second-order valence-corrected chi connectivity index (χ2v) is 6.15. The molecule has 0 atom stereocenters. The lowest BCUT2D eigenvalue weighted by molar-refractivity contribution is 0.0690. The van der Waals surface area contributed by atoms with E-state index in [4.69, 9.17) is 5.11 Å². The van der Waals surface area contributed by atoms with Crippen LogP contribution >= 0.6 is 11.8 Å². The largest absolute Gasteiger partial charge is 0.477 e. The number of aromatic carboxylic acids is 1. The predicted molar refractivity (Wildman–Crippen MR) is 76.8 cm³/mol. The van der Waals surface area contributed by atoms with E-state index in [1.807, 2.05) is 24.3 Å². The Bertz CT molecular complexity index is 621. The van der Waals surface area contributed by atoms with E-state index in [9.17, 15) is 4.79 Å². The molecular formula is C15H15NO2S. The average molecular weight is 273 g/mol. The fraction of sp³-hybridized carbons (Fsp3) is 0.333. The van der Waals surface area contributed by atoms with Crippen LogP contribution in [0.4, 0.5) is 0 Å². The lowest BCUT2D eigenvalue weighted by atomic mass is 10.1. The molecule has 1 aromatic heterocycles. The number of carboxylic acid groups (broad SMARTS) is 1. The number of benzene rings is 1. The summed E-state index contributed by atoms with van der Waals surface area (Å²) in [4.78, 5) is 15.5. The van der Waals surface area contributed by atoms with Gasteiger partial charge in [0.05, 0.1) is 0 Å². The number of fused-ring (bicyclic) bond motifs is 1. The van der Waals surface area contributed by atoms with Crippen LogP contribution in [0, 0.1) is 0 Å². The molecule has 0 amide bonds. The minimum absolute atomic E-state index is 0.138. The normalized spacial score (nSPS) is 16.0. The minimum atomic E-state index is -0.959. The van der Waals surface area contributed by atoms with Crippen molar-refractivity contribution in [3.8, 4) is 0 Å². The highest BCUT2D eigenvalue weighted by atomic mass is 32.2. The lowest BCUT2D eigenvalue weighted by Gasteiger charge is -2.11. The standard InChI is InChI=1S/C15H15NO2S/c17-15(18)13-9-10-5-1-4-8-12(10)14(16-13)19-11-6-2-3-7-11/h1,4-5,8-9,11H,2-3,6-7H2,(H,17,18). The van der Waals surface area contributed by atoms with Crippen molar-refractivity contribution < 1.29 is 9.90 Å². The molecule has 0 aliphatic heterocycles. The maximum Gasteiger partial charge on any atom is 0.354 e. The Morgan fingerprint density at radius 2 is 2.00 bits per heavy atom. The molecule has 1 heterocycles. The first-order valence-electron chi connectivity index (χ1n) is 6.54. The smallest absolute Gasteiger partial charge is 0.354 e. The molecule has 19 heavy (non-hydrogen) atoms. The summed E-state index contributed by atoms with van der Waals surface area (Å²) in [5, 5.41) is 12.6. The van der Waals surface area contributed by atoms with Gasteiger partial charge in [-0.25, -0.2) is 9.78 Å². The Morgan fingerprint density at radius 1 is 1.26 bits per heavy atom. The average Bonchev–Trinajstić information content (AvgIpc) is 2.91. The van der Waals surface area contributed by atoms with Crippen molar-refractivity contribution in [3.05, 3.63) is 36.0 Å². The van der Waals surface area contributed by atoms with Gasteiger partial charge in [0.2, 0.25) is 0 Å². The maximum absolute atomic E-state index is 11.2. The maximum atomic E-state index is 11.2. The first-order chi connectivity index (χ1) is 9.24. The number of hydrogen-bond acceptors (Lipinski definition) is 3. The molecule has 1 aromatic carbocycles. The minimum Gasteiger partial charge on any atom is -0.477 e. The van der Waals surface area contributed by atoms with Crippen LogP contribution in [0.5, 0.6) is 0 Å². The van der Waals surface area contributed by atoms with Crippen LogP contribution in [0.15, 0.2) is 35.4 Å². The molecule has 0 bridgehead atoms. The number of rotatable bonds is 3. The zero-order chi connectivity index (χ0) is 13.2. The van der Waals surface area contributed by atoms with Gasteiger partial charge >= 0.3 is 5.97 Å². The van der Waals surface area contributed by atoms with Crippen molar-refractivity contribution in [2.24, 2.45) is 0 Å². The van der Waals surface area contributed by atoms with E-state index >= 15 is 0 Å². The highest BCUT2D eigenvalue weighted by Gasteiger charge is 2.19. The van der Waals surface area contributed by atoms with Gasteiger partial charge < -0.3 is 5.11 Å². The van der Waals surface area contributed by atoms with E-state index in [2.05, 4.69) is 4.98 Å². The Labute approximate surface area is 116 Å². The number of pyridine rings is 1. The van der Waals surface area contributed by atoms with Crippen molar-refractivity contribution in [1.82, 2.24) is 4.98 Å². The molecule has 0 saturated heterocycles. The van der Waals surface area contributed by atoms with Crippen LogP contribution in [0.25, 0.3) is 10.8 Å². The summed E-state index contributed by atoms with van der Waals surface area (Å²) in [5.41, 5.74) is 0.138. The molecule has 0 unspecified atom stereocenters. The first kappa shape index (κ1) is 12.5. The second-order valence-electron chi connectivity index (χ2n) is 4.86. The van der Waals surface area contributed by atoms with Gasteiger partial charge in [-0.05, 0) is 24.3 Å². The second kappa shape index (κ2) is 5.21. The molecule has 1 saturated carbocycles. The molecule has 0 radical (unpaired) electrons. The predicted octanol–water partition coefficient (Wildman–Crippen LogP) is 3.97. The van der Waals surface area contributed by atoms with Crippen molar-refractivity contribution in [3.63, 3.8) is 0 Å². The van der Waals surface area contributed by atoms with Crippen molar-refractivity contribution in [2.75, 3.05) is 0 Å². The van der Waals surface area contributed by atoms with Crippen LogP contribution in [0.3, 0.4) is 0 Å². The topological polar surface area (TPSA) is 50.2 Å². The molecule has 3 rings (SSSR count). The van der Waals surface area contributed by atoms with Gasteiger partial charge in [0.15, 0.2) is 0 Å².